The van der Waals surface area contributed by atoms with Crippen molar-refractivity contribution in [1.29, 1.82) is 0 Å². The molecule has 0 aliphatic carbocycles. The van der Waals surface area contributed by atoms with Crippen LogP contribution in [0.15, 0.2) is 23.1 Å². The van der Waals surface area contributed by atoms with E-state index in [1.807, 2.05) is 7.05 Å². The Balaban J connectivity index is 2.28. The molecule has 0 saturated carbocycles. The van der Waals surface area contributed by atoms with Crippen LogP contribution in [0.25, 0.3) is 0 Å². The summed E-state index contributed by atoms with van der Waals surface area (Å²) in [4.78, 5) is -0.0347. The van der Waals surface area contributed by atoms with Gasteiger partial charge in [-0.15, -0.1) is 0 Å². The lowest BCUT2D eigenvalue weighted by molar-refractivity contribution is 0.292. The predicted octanol–water partition coefficient (Wildman–Crippen LogP) is 1.21. The van der Waals surface area contributed by atoms with E-state index in [1.54, 1.807) is 0 Å². The third-order valence-electron chi connectivity index (χ3n) is 3.55. The number of methoxy groups -OCH3 is 1. The first kappa shape index (κ1) is 15.2. The molecule has 1 fully saturated rings. The Hall–Kier alpha value is -1.18. The van der Waals surface area contributed by atoms with E-state index in [1.165, 1.54) is 23.5 Å². The first-order chi connectivity index (χ1) is 9.48. The zero-order valence-electron chi connectivity index (χ0n) is 11.6. The van der Waals surface area contributed by atoms with Crippen molar-refractivity contribution in [3.05, 3.63) is 24.0 Å². The molecule has 0 bridgehead atoms. The summed E-state index contributed by atoms with van der Waals surface area (Å²) in [7, 11) is -0.499. The van der Waals surface area contributed by atoms with Gasteiger partial charge >= 0.3 is 0 Å². The van der Waals surface area contributed by atoms with Crippen LogP contribution in [-0.4, -0.2) is 46.0 Å². The second kappa shape index (κ2) is 6.07. The summed E-state index contributed by atoms with van der Waals surface area (Å²) in [6.45, 7) is 0.876. The Morgan fingerprint density at radius 1 is 1.45 bits per heavy atom. The quantitative estimate of drug-likeness (QED) is 0.908. The van der Waals surface area contributed by atoms with Gasteiger partial charge in [0.05, 0.1) is 12.0 Å². The summed E-state index contributed by atoms with van der Waals surface area (Å²) in [5, 5.41) is 3.09. The van der Waals surface area contributed by atoms with Gasteiger partial charge in [-0.25, -0.2) is 12.8 Å². The molecule has 20 heavy (non-hydrogen) atoms. The van der Waals surface area contributed by atoms with Crippen LogP contribution in [0.4, 0.5) is 4.39 Å². The van der Waals surface area contributed by atoms with Gasteiger partial charge in [-0.1, -0.05) is 0 Å². The molecule has 0 amide bonds. The van der Waals surface area contributed by atoms with E-state index in [9.17, 15) is 12.8 Å². The van der Waals surface area contributed by atoms with Crippen molar-refractivity contribution in [2.45, 2.75) is 23.8 Å². The minimum absolute atomic E-state index is 0.0347. The maximum atomic E-state index is 13.7. The molecule has 1 aliphatic heterocycles. The number of hydrogen-bond donors (Lipinski definition) is 1. The number of hydrogen-bond acceptors (Lipinski definition) is 4. The Kier molecular flexibility index (Phi) is 4.62. The molecular weight excluding hydrogens is 283 g/mol. The van der Waals surface area contributed by atoms with E-state index in [-0.39, 0.29) is 16.7 Å². The first-order valence-corrected chi connectivity index (χ1v) is 7.94. The number of halogens is 1. The Labute approximate surface area is 118 Å². The van der Waals surface area contributed by atoms with Crippen molar-refractivity contribution < 1.29 is 17.5 Å². The summed E-state index contributed by atoms with van der Waals surface area (Å²) in [6, 6.07) is 3.86. The number of benzene rings is 1. The fraction of sp³-hybridized carbons (Fsp3) is 0.538. The molecule has 5 nitrogen and oxygen atoms in total. The van der Waals surface area contributed by atoms with Crippen LogP contribution in [-0.2, 0) is 10.0 Å². The number of nitrogens with zero attached hydrogens (tertiary/aromatic N) is 1. The normalized spacial score (nSPS) is 20.9. The van der Waals surface area contributed by atoms with Gasteiger partial charge in [0.15, 0.2) is 11.6 Å². The number of nitrogens with one attached hydrogen (secondary N) is 1. The van der Waals surface area contributed by atoms with Gasteiger partial charge in [0, 0.05) is 19.1 Å². The largest absolute Gasteiger partial charge is 0.494 e. The maximum absolute atomic E-state index is 13.7. The smallest absolute Gasteiger partial charge is 0.243 e. The predicted molar refractivity (Wildman–Crippen MR) is 73.8 cm³/mol. The Bertz CT molecular complexity index is 577. The highest BCUT2D eigenvalue weighted by Gasteiger charge is 2.30. The molecule has 1 aromatic carbocycles. The highest BCUT2D eigenvalue weighted by molar-refractivity contribution is 7.89. The molecule has 0 radical (unpaired) electrons. The van der Waals surface area contributed by atoms with Gasteiger partial charge in [-0.05, 0) is 38.1 Å². The van der Waals surface area contributed by atoms with Crippen LogP contribution < -0.4 is 10.1 Å². The fourth-order valence-corrected chi connectivity index (χ4v) is 3.89. The van der Waals surface area contributed by atoms with Gasteiger partial charge in [-0.2, -0.15) is 4.31 Å². The zero-order chi connectivity index (χ0) is 14.8. The van der Waals surface area contributed by atoms with Gasteiger partial charge < -0.3 is 10.1 Å². The van der Waals surface area contributed by atoms with Gasteiger partial charge in [0.1, 0.15) is 0 Å². The summed E-state index contributed by atoms with van der Waals surface area (Å²) in [6.07, 6.45) is 1.74. The van der Waals surface area contributed by atoms with E-state index in [0.29, 0.717) is 13.1 Å². The lowest BCUT2D eigenvalue weighted by Crippen LogP contribution is -2.46. The van der Waals surface area contributed by atoms with E-state index in [0.717, 1.165) is 18.9 Å². The highest BCUT2D eigenvalue weighted by Crippen LogP contribution is 2.25. The van der Waals surface area contributed by atoms with E-state index < -0.39 is 15.8 Å². The molecule has 0 aromatic heterocycles. The SMILES string of the molecule is CN[C@H]1CCCN(S(=O)(=O)c2ccc(OC)c(F)c2)C1. The third-order valence-corrected chi connectivity index (χ3v) is 5.41. The van der Waals surface area contributed by atoms with E-state index >= 15 is 0 Å². The van der Waals surface area contributed by atoms with Crippen molar-refractivity contribution >= 4 is 10.0 Å². The molecule has 1 aliphatic rings. The molecule has 1 saturated heterocycles. The third kappa shape index (κ3) is 2.94. The second-order valence-corrected chi connectivity index (χ2v) is 6.73. The van der Waals surface area contributed by atoms with Crippen molar-refractivity contribution in [1.82, 2.24) is 9.62 Å². The zero-order valence-corrected chi connectivity index (χ0v) is 12.4. The lowest BCUT2D eigenvalue weighted by atomic mass is 10.1. The summed E-state index contributed by atoms with van der Waals surface area (Å²) >= 11 is 0. The number of ether oxygens (including phenoxy) is 1. The van der Waals surface area contributed by atoms with Crippen LogP contribution in [0.1, 0.15) is 12.8 Å². The molecule has 2 rings (SSSR count). The monoisotopic (exact) mass is 302 g/mol. The number of rotatable bonds is 4. The molecular formula is C13H19FN2O3S. The van der Waals surface area contributed by atoms with E-state index in [4.69, 9.17) is 4.74 Å². The van der Waals surface area contributed by atoms with Crippen molar-refractivity contribution in [3.63, 3.8) is 0 Å². The first-order valence-electron chi connectivity index (χ1n) is 6.50. The summed E-state index contributed by atoms with van der Waals surface area (Å²) in [5.41, 5.74) is 0. The van der Waals surface area contributed by atoms with Crippen LogP contribution in [0.5, 0.6) is 5.75 Å². The standard InChI is InChI=1S/C13H19FN2O3S/c1-15-10-4-3-7-16(9-10)20(17,18)11-5-6-13(19-2)12(14)8-11/h5-6,8,10,15H,3-4,7,9H2,1-2H3/t10-/m0/s1. The molecule has 7 heteroatoms. The van der Waals surface area contributed by atoms with Crippen molar-refractivity contribution in [3.8, 4) is 5.75 Å². The average Bonchev–Trinajstić information content (AvgIpc) is 2.47. The van der Waals surface area contributed by atoms with Gasteiger partial charge in [-0.3, -0.25) is 0 Å². The second-order valence-electron chi connectivity index (χ2n) is 4.79. The highest BCUT2D eigenvalue weighted by atomic mass is 32.2. The van der Waals surface area contributed by atoms with Crippen LogP contribution in [0, 0.1) is 5.82 Å². The molecule has 1 heterocycles. The molecule has 112 valence electrons. The Morgan fingerprint density at radius 3 is 2.80 bits per heavy atom. The minimum atomic E-state index is -3.65. The van der Waals surface area contributed by atoms with Crippen LogP contribution in [0.3, 0.4) is 0 Å². The topological polar surface area (TPSA) is 58.6 Å². The molecule has 1 N–H and O–H groups in total. The number of likely N-dealkylation sites (N-methyl/N-ethyl adjacent to an activating group) is 1. The fourth-order valence-electron chi connectivity index (χ4n) is 2.35. The van der Waals surface area contributed by atoms with Gasteiger partial charge in [0.25, 0.3) is 0 Å². The molecule has 1 atom stereocenters. The molecule has 0 spiro atoms. The molecule has 0 unspecified atom stereocenters. The van der Waals surface area contributed by atoms with Crippen LogP contribution >= 0.6 is 0 Å². The average molecular weight is 302 g/mol. The number of piperidine rings is 1. The Morgan fingerprint density at radius 2 is 2.20 bits per heavy atom. The summed E-state index contributed by atoms with van der Waals surface area (Å²) < 4.78 is 44.9. The lowest BCUT2D eigenvalue weighted by Gasteiger charge is -2.31. The van der Waals surface area contributed by atoms with E-state index in [2.05, 4.69) is 5.32 Å². The molecule has 1 aromatic rings. The summed E-state index contributed by atoms with van der Waals surface area (Å²) in [5.74, 6) is -0.633. The van der Waals surface area contributed by atoms with Gasteiger partial charge in [0.2, 0.25) is 10.0 Å². The van der Waals surface area contributed by atoms with Crippen molar-refractivity contribution in [2.24, 2.45) is 0 Å². The maximum Gasteiger partial charge on any atom is 0.243 e. The van der Waals surface area contributed by atoms with Crippen molar-refractivity contribution in [2.75, 3.05) is 27.2 Å². The van der Waals surface area contributed by atoms with Crippen LogP contribution in [0.2, 0.25) is 0 Å². The number of sulfonamides is 1. The minimum Gasteiger partial charge on any atom is -0.494 e.